The van der Waals surface area contributed by atoms with Crippen LogP contribution in [0.2, 0.25) is 0 Å². The van der Waals surface area contributed by atoms with Crippen molar-refractivity contribution in [3.63, 3.8) is 0 Å². The van der Waals surface area contributed by atoms with Crippen LogP contribution in [0, 0.1) is 0 Å². The molecule has 0 aliphatic carbocycles. The summed E-state index contributed by atoms with van der Waals surface area (Å²) in [5.74, 6) is 0.226. The fourth-order valence-electron chi connectivity index (χ4n) is 3.04. The number of hydrogen-bond donors (Lipinski definition) is 3. The van der Waals surface area contributed by atoms with Crippen LogP contribution in [-0.4, -0.2) is 30.9 Å². The summed E-state index contributed by atoms with van der Waals surface area (Å²) < 4.78 is 0. The van der Waals surface area contributed by atoms with Crippen molar-refractivity contribution in [2.45, 2.75) is 37.6 Å². The maximum Gasteiger partial charge on any atom is 0.249 e. The van der Waals surface area contributed by atoms with Gasteiger partial charge in [0.1, 0.15) is 6.04 Å². The Morgan fingerprint density at radius 3 is 2.32 bits per heavy atom. The van der Waals surface area contributed by atoms with Gasteiger partial charge in [0.2, 0.25) is 11.8 Å². The molecular weight excluding hydrogens is 302 g/mol. The van der Waals surface area contributed by atoms with E-state index >= 15 is 0 Å². The van der Waals surface area contributed by atoms with Crippen molar-refractivity contribution < 1.29 is 9.59 Å². The number of nitrogens with one attached hydrogen (secondary N) is 3. The number of amides is 2. The summed E-state index contributed by atoms with van der Waals surface area (Å²) in [7, 11) is 0. The van der Waals surface area contributed by atoms with Crippen LogP contribution < -0.4 is 16.0 Å². The Bertz CT molecular complexity index is 527. The SMILES string of the molecule is Cl.O=C1CC[C@@H](Nc2ccc(C3CCNCC3)cc2)C(=O)N1. The van der Waals surface area contributed by atoms with Gasteiger partial charge < -0.3 is 10.6 Å². The molecule has 0 saturated carbocycles. The molecule has 3 N–H and O–H groups in total. The van der Waals surface area contributed by atoms with Crippen LogP contribution in [0.3, 0.4) is 0 Å². The zero-order chi connectivity index (χ0) is 14.7. The average Bonchev–Trinajstić information content (AvgIpc) is 2.52. The molecule has 2 saturated heterocycles. The largest absolute Gasteiger partial charge is 0.374 e. The molecule has 1 aromatic carbocycles. The Balaban J connectivity index is 0.00000176. The first-order valence-electron chi connectivity index (χ1n) is 7.63. The molecule has 2 aliphatic heterocycles. The molecule has 0 bridgehead atoms. The van der Waals surface area contributed by atoms with E-state index in [1.54, 1.807) is 0 Å². The fraction of sp³-hybridized carbons (Fsp3) is 0.500. The Kier molecular flexibility index (Phi) is 5.80. The van der Waals surface area contributed by atoms with E-state index in [9.17, 15) is 9.59 Å². The van der Waals surface area contributed by atoms with Crippen LogP contribution in [0.15, 0.2) is 24.3 Å². The lowest BCUT2D eigenvalue weighted by Crippen LogP contribution is -2.47. The molecule has 0 aromatic heterocycles. The predicted molar refractivity (Wildman–Crippen MR) is 88.3 cm³/mol. The molecule has 6 heteroatoms. The lowest BCUT2D eigenvalue weighted by Gasteiger charge is -2.24. The quantitative estimate of drug-likeness (QED) is 0.742. The number of benzene rings is 1. The van der Waals surface area contributed by atoms with Crippen molar-refractivity contribution in [3.05, 3.63) is 29.8 Å². The van der Waals surface area contributed by atoms with E-state index in [1.165, 1.54) is 18.4 Å². The Hall–Kier alpha value is -1.59. The smallest absolute Gasteiger partial charge is 0.249 e. The highest BCUT2D eigenvalue weighted by Crippen LogP contribution is 2.26. The molecule has 0 unspecified atom stereocenters. The predicted octanol–water partition coefficient (Wildman–Crippen LogP) is 1.79. The highest BCUT2D eigenvalue weighted by Gasteiger charge is 2.26. The van der Waals surface area contributed by atoms with Gasteiger partial charge in [0.05, 0.1) is 0 Å². The summed E-state index contributed by atoms with van der Waals surface area (Å²) >= 11 is 0. The first kappa shape index (κ1) is 16.8. The summed E-state index contributed by atoms with van der Waals surface area (Å²) in [5.41, 5.74) is 2.30. The Morgan fingerprint density at radius 2 is 1.68 bits per heavy atom. The standard InChI is InChI=1S/C16H21N3O2.ClH/c20-15-6-5-14(16(21)19-15)18-13-3-1-11(2-4-13)12-7-9-17-10-8-12;/h1-4,12,14,17-18H,5-10H2,(H,19,20,21);1H/t14-;/m1./s1. The van der Waals surface area contributed by atoms with Crippen molar-refractivity contribution in [1.29, 1.82) is 0 Å². The third-order valence-electron chi connectivity index (χ3n) is 4.30. The highest BCUT2D eigenvalue weighted by atomic mass is 35.5. The van der Waals surface area contributed by atoms with Crippen molar-refractivity contribution >= 4 is 29.9 Å². The second-order valence-electron chi connectivity index (χ2n) is 5.79. The van der Waals surface area contributed by atoms with Gasteiger partial charge in [0.25, 0.3) is 0 Å². The minimum atomic E-state index is -0.313. The van der Waals surface area contributed by atoms with Gasteiger partial charge in [0.15, 0.2) is 0 Å². The summed E-state index contributed by atoms with van der Waals surface area (Å²) in [6.07, 6.45) is 3.32. The van der Waals surface area contributed by atoms with E-state index in [2.05, 4.69) is 28.1 Å². The number of carbonyl (C=O) groups excluding carboxylic acids is 2. The van der Waals surface area contributed by atoms with Gasteiger partial charge in [-0.25, -0.2) is 0 Å². The maximum absolute atomic E-state index is 11.7. The van der Waals surface area contributed by atoms with Crippen LogP contribution in [-0.2, 0) is 9.59 Å². The van der Waals surface area contributed by atoms with Crippen LogP contribution in [0.4, 0.5) is 5.69 Å². The topological polar surface area (TPSA) is 70.2 Å². The van der Waals surface area contributed by atoms with Crippen molar-refractivity contribution in [2.24, 2.45) is 0 Å². The van der Waals surface area contributed by atoms with E-state index in [0.717, 1.165) is 18.8 Å². The lowest BCUT2D eigenvalue weighted by molar-refractivity contribution is -0.133. The molecule has 22 heavy (non-hydrogen) atoms. The highest BCUT2D eigenvalue weighted by molar-refractivity contribution is 6.01. The number of piperidine rings is 2. The first-order chi connectivity index (χ1) is 10.2. The normalized spacial score (nSPS) is 22.6. The van der Waals surface area contributed by atoms with Crippen molar-refractivity contribution in [3.8, 4) is 0 Å². The second-order valence-corrected chi connectivity index (χ2v) is 5.79. The zero-order valence-electron chi connectivity index (χ0n) is 12.4. The van der Waals surface area contributed by atoms with Gasteiger partial charge in [-0.3, -0.25) is 14.9 Å². The molecule has 120 valence electrons. The van der Waals surface area contributed by atoms with E-state index in [0.29, 0.717) is 18.8 Å². The number of carbonyl (C=O) groups is 2. The van der Waals surface area contributed by atoms with Gasteiger partial charge in [-0.15, -0.1) is 12.4 Å². The van der Waals surface area contributed by atoms with Gasteiger partial charge in [-0.1, -0.05) is 12.1 Å². The Morgan fingerprint density at radius 1 is 1.00 bits per heavy atom. The first-order valence-corrected chi connectivity index (χ1v) is 7.63. The summed E-state index contributed by atoms with van der Waals surface area (Å²) in [5, 5.41) is 8.94. The molecule has 2 aliphatic rings. The molecule has 2 amide bonds. The number of imide groups is 1. The minimum Gasteiger partial charge on any atom is -0.374 e. The molecule has 2 fully saturated rings. The number of hydrogen-bond acceptors (Lipinski definition) is 4. The van der Waals surface area contributed by atoms with Crippen LogP contribution in [0.25, 0.3) is 0 Å². The number of halogens is 1. The number of anilines is 1. The molecule has 1 aromatic rings. The molecular formula is C16H22ClN3O2. The monoisotopic (exact) mass is 323 g/mol. The molecule has 3 rings (SSSR count). The van der Waals surface area contributed by atoms with Gasteiger partial charge >= 0.3 is 0 Å². The average molecular weight is 324 g/mol. The Labute approximate surface area is 136 Å². The summed E-state index contributed by atoms with van der Waals surface area (Å²) in [4.78, 5) is 22.8. The van der Waals surface area contributed by atoms with Crippen molar-refractivity contribution in [1.82, 2.24) is 10.6 Å². The number of rotatable bonds is 3. The van der Waals surface area contributed by atoms with Crippen LogP contribution in [0.1, 0.15) is 37.2 Å². The van der Waals surface area contributed by atoms with Gasteiger partial charge in [-0.05, 0) is 56.0 Å². The molecule has 0 spiro atoms. The van der Waals surface area contributed by atoms with Crippen LogP contribution in [0.5, 0.6) is 0 Å². The minimum absolute atomic E-state index is 0. The van der Waals surface area contributed by atoms with Crippen molar-refractivity contribution in [2.75, 3.05) is 18.4 Å². The molecule has 1 atom stereocenters. The van der Waals surface area contributed by atoms with E-state index in [-0.39, 0.29) is 30.3 Å². The zero-order valence-corrected chi connectivity index (χ0v) is 13.2. The molecule has 2 heterocycles. The van der Waals surface area contributed by atoms with E-state index in [1.807, 2.05) is 12.1 Å². The third-order valence-corrected chi connectivity index (χ3v) is 4.30. The van der Waals surface area contributed by atoms with E-state index < -0.39 is 0 Å². The van der Waals surface area contributed by atoms with Gasteiger partial charge in [-0.2, -0.15) is 0 Å². The molecule has 5 nitrogen and oxygen atoms in total. The third kappa shape index (κ3) is 3.99. The molecule has 0 radical (unpaired) electrons. The van der Waals surface area contributed by atoms with Gasteiger partial charge in [0, 0.05) is 12.1 Å². The van der Waals surface area contributed by atoms with Crippen LogP contribution >= 0.6 is 12.4 Å². The fourth-order valence-corrected chi connectivity index (χ4v) is 3.04. The summed E-state index contributed by atoms with van der Waals surface area (Å²) in [6.45, 7) is 2.17. The summed E-state index contributed by atoms with van der Waals surface area (Å²) in [6, 6.07) is 8.03. The second kappa shape index (κ2) is 7.61. The van der Waals surface area contributed by atoms with E-state index in [4.69, 9.17) is 0 Å². The lowest BCUT2D eigenvalue weighted by atomic mass is 9.90. The maximum atomic E-state index is 11.7.